The van der Waals surface area contributed by atoms with Gasteiger partial charge in [0.2, 0.25) is 11.8 Å². The summed E-state index contributed by atoms with van der Waals surface area (Å²) in [5, 5.41) is 24.5. The van der Waals surface area contributed by atoms with Crippen LogP contribution >= 0.6 is 11.8 Å². The normalized spacial score (nSPS) is 10.4. The molecule has 0 aliphatic heterocycles. The summed E-state index contributed by atoms with van der Waals surface area (Å²) < 4.78 is 1.79. The zero-order valence-corrected chi connectivity index (χ0v) is 17.1. The third-order valence-corrected chi connectivity index (χ3v) is 4.96. The summed E-state index contributed by atoms with van der Waals surface area (Å²) in [4.78, 5) is 23.4. The van der Waals surface area contributed by atoms with Crippen LogP contribution in [0.4, 0.5) is 11.4 Å². The highest BCUT2D eigenvalue weighted by atomic mass is 32.2. The Morgan fingerprint density at radius 1 is 1.10 bits per heavy atom. The Kier molecular flexibility index (Phi) is 6.87. The van der Waals surface area contributed by atoms with Crippen LogP contribution < -0.4 is 10.6 Å². The van der Waals surface area contributed by atoms with Crippen molar-refractivity contribution in [1.82, 2.24) is 14.8 Å². The minimum Gasteiger partial charge on any atom is -0.507 e. The van der Waals surface area contributed by atoms with Gasteiger partial charge in [-0.15, -0.1) is 16.8 Å². The van der Waals surface area contributed by atoms with Gasteiger partial charge >= 0.3 is 0 Å². The van der Waals surface area contributed by atoms with Gasteiger partial charge in [0, 0.05) is 24.8 Å². The van der Waals surface area contributed by atoms with Crippen LogP contribution in [0.25, 0.3) is 11.4 Å². The van der Waals surface area contributed by atoms with Crippen LogP contribution in [-0.2, 0) is 16.1 Å². The van der Waals surface area contributed by atoms with Crippen molar-refractivity contribution in [1.29, 1.82) is 0 Å². The summed E-state index contributed by atoms with van der Waals surface area (Å²) in [5.41, 5.74) is 1.84. The lowest BCUT2D eigenvalue weighted by Gasteiger charge is -2.09. The predicted octanol–water partition coefficient (Wildman–Crippen LogP) is 3.53. The molecule has 0 bridgehead atoms. The molecule has 2 amide bonds. The van der Waals surface area contributed by atoms with Gasteiger partial charge in [0.05, 0.1) is 11.3 Å². The maximum absolute atomic E-state index is 12.3. The fourth-order valence-electron chi connectivity index (χ4n) is 2.72. The number of carbonyl (C=O) groups is 2. The zero-order chi connectivity index (χ0) is 21.5. The van der Waals surface area contributed by atoms with Crippen molar-refractivity contribution in [3.8, 4) is 17.1 Å². The van der Waals surface area contributed by atoms with Crippen molar-refractivity contribution in [2.75, 3.05) is 16.4 Å². The van der Waals surface area contributed by atoms with Crippen molar-refractivity contribution < 1.29 is 14.7 Å². The first kappa shape index (κ1) is 21.1. The lowest BCUT2D eigenvalue weighted by atomic mass is 10.2. The van der Waals surface area contributed by atoms with Crippen LogP contribution in [0.15, 0.2) is 66.3 Å². The van der Waals surface area contributed by atoms with E-state index in [-0.39, 0.29) is 23.3 Å². The first-order valence-corrected chi connectivity index (χ1v) is 10.1. The highest BCUT2D eigenvalue weighted by molar-refractivity contribution is 7.99. The molecule has 3 N–H and O–H groups in total. The molecule has 0 saturated carbocycles. The fourth-order valence-corrected chi connectivity index (χ4v) is 3.47. The molecule has 2 aromatic carbocycles. The van der Waals surface area contributed by atoms with Crippen LogP contribution in [0, 0.1) is 0 Å². The number of aromatic nitrogens is 3. The van der Waals surface area contributed by atoms with Gasteiger partial charge in [0.25, 0.3) is 0 Å². The van der Waals surface area contributed by atoms with Gasteiger partial charge in [0.1, 0.15) is 5.75 Å². The van der Waals surface area contributed by atoms with E-state index >= 15 is 0 Å². The molecule has 0 spiro atoms. The number of phenols is 1. The molecule has 0 unspecified atom stereocenters. The molecule has 0 fully saturated rings. The van der Waals surface area contributed by atoms with Gasteiger partial charge in [-0.2, -0.15) is 0 Å². The Morgan fingerprint density at radius 2 is 1.77 bits per heavy atom. The monoisotopic (exact) mass is 423 g/mol. The number of anilines is 2. The van der Waals surface area contributed by atoms with E-state index in [9.17, 15) is 14.7 Å². The Hall–Kier alpha value is -3.59. The smallest absolute Gasteiger partial charge is 0.234 e. The largest absolute Gasteiger partial charge is 0.507 e. The second-order valence-electron chi connectivity index (χ2n) is 6.32. The van der Waals surface area contributed by atoms with Crippen molar-refractivity contribution in [2.24, 2.45) is 0 Å². The average molecular weight is 423 g/mol. The highest BCUT2D eigenvalue weighted by Gasteiger charge is 2.17. The standard InChI is InChI=1S/C21H21N5O3S/c1-3-12-26-20(17-6-4-5-7-18(17)28)24-25-21(26)30-13-19(29)23-16-10-8-15(9-11-16)22-14(2)27/h3-11,28H,1,12-13H2,2H3,(H,22,27)(H,23,29). The lowest BCUT2D eigenvalue weighted by Crippen LogP contribution is -2.15. The molecule has 0 aliphatic carbocycles. The first-order chi connectivity index (χ1) is 14.5. The number of nitrogens with zero attached hydrogens (tertiary/aromatic N) is 3. The number of para-hydroxylation sites is 1. The highest BCUT2D eigenvalue weighted by Crippen LogP contribution is 2.30. The van der Waals surface area contributed by atoms with E-state index in [1.807, 2.05) is 0 Å². The molecule has 1 aromatic heterocycles. The van der Waals surface area contributed by atoms with E-state index in [2.05, 4.69) is 27.4 Å². The number of allylic oxidation sites excluding steroid dienone is 1. The Bertz CT molecular complexity index is 1060. The second-order valence-corrected chi connectivity index (χ2v) is 7.26. The summed E-state index contributed by atoms with van der Waals surface area (Å²) in [6, 6.07) is 13.7. The molecular formula is C21H21N5O3S. The molecular weight excluding hydrogens is 402 g/mol. The number of aromatic hydroxyl groups is 1. The summed E-state index contributed by atoms with van der Waals surface area (Å²) >= 11 is 1.24. The number of rotatable bonds is 8. The number of carbonyl (C=O) groups excluding carboxylic acids is 2. The summed E-state index contributed by atoms with van der Waals surface area (Å²) in [6.45, 7) is 5.63. The van der Waals surface area contributed by atoms with Gasteiger partial charge < -0.3 is 15.7 Å². The van der Waals surface area contributed by atoms with Crippen molar-refractivity contribution in [3.63, 3.8) is 0 Å². The minimum atomic E-state index is -0.204. The van der Waals surface area contributed by atoms with E-state index in [1.165, 1.54) is 18.7 Å². The lowest BCUT2D eigenvalue weighted by molar-refractivity contribution is -0.114. The van der Waals surface area contributed by atoms with E-state index in [0.29, 0.717) is 34.5 Å². The quantitative estimate of drug-likeness (QED) is 0.378. The zero-order valence-electron chi connectivity index (χ0n) is 16.3. The van der Waals surface area contributed by atoms with Gasteiger partial charge in [-0.1, -0.05) is 30.0 Å². The topological polar surface area (TPSA) is 109 Å². The van der Waals surface area contributed by atoms with Crippen molar-refractivity contribution in [2.45, 2.75) is 18.6 Å². The molecule has 0 saturated heterocycles. The van der Waals surface area contributed by atoms with Gasteiger partial charge in [0.15, 0.2) is 11.0 Å². The molecule has 0 aliphatic rings. The maximum Gasteiger partial charge on any atom is 0.234 e. The van der Waals surface area contributed by atoms with Crippen LogP contribution in [0.2, 0.25) is 0 Å². The third kappa shape index (κ3) is 5.26. The minimum absolute atomic E-state index is 0.104. The molecule has 8 nitrogen and oxygen atoms in total. The molecule has 154 valence electrons. The number of amides is 2. The average Bonchev–Trinajstić information content (AvgIpc) is 3.11. The van der Waals surface area contributed by atoms with Gasteiger partial charge in [-0.05, 0) is 36.4 Å². The molecule has 0 radical (unpaired) electrons. The molecule has 30 heavy (non-hydrogen) atoms. The molecule has 0 atom stereocenters. The Balaban J connectivity index is 1.66. The van der Waals surface area contributed by atoms with Crippen LogP contribution in [0.3, 0.4) is 0 Å². The molecule has 3 rings (SSSR count). The Labute approximate surface area is 178 Å². The Morgan fingerprint density at radius 3 is 2.40 bits per heavy atom. The second kappa shape index (κ2) is 9.75. The van der Waals surface area contributed by atoms with E-state index in [4.69, 9.17) is 0 Å². The van der Waals surface area contributed by atoms with Crippen LogP contribution in [-0.4, -0.2) is 37.4 Å². The molecule has 3 aromatic rings. The number of hydrogen-bond donors (Lipinski definition) is 3. The van der Waals surface area contributed by atoms with Crippen LogP contribution in [0.1, 0.15) is 6.92 Å². The fraction of sp³-hybridized carbons (Fsp3) is 0.143. The van der Waals surface area contributed by atoms with E-state index in [1.54, 1.807) is 59.2 Å². The number of thioether (sulfide) groups is 1. The molecule has 1 heterocycles. The SMILES string of the molecule is C=CCn1c(SCC(=O)Nc2ccc(NC(C)=O)cc2)nnc1-c1ccccc1O. The number of nitrogens with one attached hydrogen (secondary N) is 2. The third-order valence-electron chi connectivity index (χ3n) is 3.99. The van der Waals surface area contributed by atoms with Gasteiger partial charge in [-0.3, -0.25) is 14.2 Å². The first-order valence-electron chi connectivity index (χ1n) is 9.10. The van der Waals surface area contributed by atoms with E-state index in [0.717, 1.165) is 0 Å². The van der Waals surface area contributed by atoms with Crippen molar-refractivity contribution >= 4 is 35.0 Å². The number of phenolic OH excluding ortho intramolecular Hbond substituents is 1. The van der Waals surface area contributed by atoms with Crippen molar-refractivity contribution in [3.05, 3.63) is 61.2 Å². The van der Waals surface area contributed by atoms with Crippen LogP contribution in [0.5, 0.6) is 5.75 Å². The predicted molar refractivity (Wildman–Crippen MR) is 117 cm³/mol. The molecule has 9 heteroatoms. The summed E-state index contributed by atoms with van der Waals surface area (Å²) in [7, 11) is 0. The van der Waals surface area contributed by atoms with E-state index < -0.39 is 0 Å². The summed E-state index contributed by atoms with van der Waals surface area (Å²) in [5.74, 6) is 0.375. The summed E-state index contributed by atoms with van der Waals surface area (Å²) in [6.07, 6.45) is 1.70. The number of hydrogen-bond acceptors (Lipinski definition) is 6. The van der Waals surface area contributed by atoms with Gasteiger partial charge in [-0.25, -0.2) is 0 Å². The maximum atomic E-state index is 12.3. The number of benzene rings is 2.